The van der Waals surface area contributed by atoms with Gasteiger partial charge >= 0.3 is 0 Å². The molecule has 0 amide bonds. The number of nitrogens with one attached hydrogen (secondary N) is 1. The third kappa shape index (κ3) is 2.80. The molecule has 0 spiro atoms. The minimum Gasteiger partial charge on any atom is -0.396 e. The predicted molar refractivity (Wildman–Crippen MR) is 92.8 cm³/mol. The Morgan fingerprint density at radius 2 is 1.83 bits per heavy atom. The van der Waals surface area contributed by atoms with E-state index in [1.807, 2.05) is 43.5 Å². The van der Waals surface area contributed by atoms with Gasteiger partial charge in [0.1, 0.15) is 5.82 Å². The fraction of sp³-hybridized carbons (Fsp3) is 0.333. The van der Waals surface area contributed by atoms with Crippen LogP contribution in [0.5, 0.6) is 0 Å². The lowest BCUT2D eigenvalue weighted by Gasteiger charge is -2.13. The number of aryl methyl sites for hydroxylation is 2. The van der Waals surface area contributed by atoms with Crippen molar-refractivity contribution in [3.05, 3.63) is 47.3 Å². The molecule has 23 heavy (non-hydrogen) atoms. The first-order valence-electron chi connectivity index (χ1n) is 7.90. The lowest BCUT2D eigenvalue weighted by atomic mass is 10.1. The first kappa shape index (κ1) is 15.5. The monoisotopic (exact) mass is 310 g/mol. The lowest BCUT2D eigenvalue weighted by Crippen LogP contribution is -2.11. The number of benzene rings is 1. The van der Waals surface area contributed by atoms with Crippen molar-refractivity contribution in [3.63, 3.8) is 0 Å². The molecule has 0 unspecified atom stereocenters. The second-order valence-corrected chi connectivity index (χ2v) is 5.74. The Morgan fingerprint density at radius 1 is 1.09 bits per heavy atom. The fourth-order valence-electron chi connectivity index (χ4n) is 2.78. The van der Waals surface area contributed by atoms with Crippen molar-refractivity contribution in [1.29, 1.82) is 0 Å². The van der Waals surface area contributed by atoms with Crippen molar-refractivity contribution in [3.8, 4) is 11.1 Å². The number of rotatable bonds is 5. The summed E-state index contributed by atoms with van der Waals surface area (Å²) in [6.45, 7) is 6.95. The van der Waals surface area contributed by atoms with Crippen LogP contribution in [0, 0.1) is 20.8 Å². The molecular weight excluding hydrogens is 288 g/mol. The molecular formula is C18H22N4O. The Kier molecular flexibility index (Phi) is 4.30. The molecule has 2 heterocycles. The number of hydrogen-bond donors (Lipinski definition) is 2. The van der Waals surface area contributed by atoms with Crippen LogP contribution in [0.2, 0.25) is 0 Å². The van der Waals surface area contributed by atoms with Gasteiger partial charge in [0.2, 0.25) is 0 Å². The minimum absolute atomic E-state index is 0.173. The molecule has 3 rings (SSSR count). The van der Waals surface area contributed by atoms with Gasteiger partial charge in [-0.2, -0.15) is 9.61 Å². The summed E-state index contributed by atoms with van der Waals surface area (Å²) in [6.07, 6.45) is 0.702. The van der Waals surface area contributed by atoms with Crippen molar-refractivity contribution in [1.82, 2.24) is 14.6 Å². The molecule has 0 atom stereocenters. The van der Waals surface area contributed by atoms with Crippen LogP contribution in [0.4, 0.5) is 5.82 Å². The van der Waals surface area contributed by atoms with E-state index in [0.717, 1.165) is 39.5 Å². The highest BCUT2D eigenvalue weighted by molar-refractivity contribution is 5.81. The van der Waals surface area contributed by atoms with Crippen molar-refractivity contribution in [2.45, 2.75) is 27.2 Å². The maximum Gasteiger partial charge on any atom is 0.165 e. The van der Waals surface area contributed by atoms with Gasteiger partial charge in [-0.15, -0.1) is 0 Å². The maximum absolute atomic E-state index is 9.00. The van der Waals surface area contributed by atoms with Crippen LogP contribution in [0.25, 0.3) is 16.8 Å². The quantitative estimate of drug-likeness (QED) is 0.711. The van der Waals surface area contributed by atoms with E-state index in [0.29, 0.717) is 13.0 Å². The van der Waals surface area contributed by atoms with E-state index in [4.69, 9.17) is 15.2 Å². The SMILES string of the molecule is Cc1nc2c(-c3ccccc3)c(C)nn2c(NCCCO)c1C. The second-order valence-electron chi connectivity index (χ2n) is 5.74. The molecule has 0 aliphatic heterocycles. The number of aliphatic hydroxyl groups is 1. The zero-order valence-electron chi connectivity index (χ0n) is 13.8. The summed E-state index contributed by atoms with van der Waals surface area (Å²) in [6, 6.07) is 10.2. The van der Waals surface area contributed by atoms with Gasteiger partial charge in [-0.05, 0) is 32.8 Å². The van der Waals surface area contributed by atoms with Gasteiger partial charge in [-0.25, -0.2) is 4.98 Å². The van der Waals surface area contributed by atoms with Gasteiger partial charge in [0.15, 0.2) is 5.65 Å². The van der Waals surface area contributed by atoms with E-state index >= 15 is 0 Å². The summed E-state index contributed by atoms with van der Waals surface area (Å²) in [7, 11) is 0. The minimum atomic E-state index is 0.173. The van der Waals surface area contributed by atoms with Gasteiger partial charge in [0, 0.05) is 30.0 Å². The van der Waals surface area contributed by atoms with Crippen LogP contribution in [-0.2, 0) is 0 Å². The molecule has 0 aliphatic rings. The predicted octanol–water partition coefficient (Wildman–Crippen LogP) is 3.12. The standard InChI is InChI=1S/C18H22N4O/c1-12-13(2)20-18-16(15-8-5-4-6-9-15)14(3)21-22(18)17(12)19-10-7-11-23/h4-6,8-9,19,23H,7,10-11H2,1-3H3. The Hall–Kier alpha value is -2.40. The number of fused-ring (bicyclic) bond motifs is 1. The van der Waals surface area contributed by atoms with Gasteiger partial charge < -0.3 is 10.4 Å². The second kappa shape index (κ2) is 6.38. The molecule has 0 saturated carbocycles. The summed E-state index contributed by atoms with van der Waals surface area (Å²) in [4.78, 5) is 4.77. The van der Waals surface area contributed by atoms with Gasteiger partial charge in [0.25, 0.3) is 0 Å². The smallest absolute Gasteiger partial charge is 0.165 e. The van der Waals surface area contributed by atoms with E-state index in [-0.39, 0.29) is 6.61 Å². The first-order valence-corrected chi connectivity index (χ1v) is 7.90. The van der Waals surface area contributed by atoms with Gasteiger partial charge in [-0.3, -0.25) is 0 Å². The van der Waals surface area contributed by atoms with E-state index in [1.165, 1.54) is 0 Å². The normalized spacial score (nSPS) is 11.1. The molecule has 5 nitrogen and oxygen atoms in total. The molecule has 2 aromatic heterocycles. The highest BCUT2D eigenvalue weighted by Gasteiger charge is 2.17. The molecule has 5 heteroatoms. The van der Waals surface area contributed by atoms with Crippen LogP contribution in [0.3, 0.4) is 0 Å². The van der Waals surface area contributed by atoms with Crippen molar-refractivity contribution in [2.24, 2.45) is 0 Å². The lowest BCUT2D eigenvalue weighted by molar-refractivity contribution is 0.292. The Balaban J connectivity index is 2.19. The van der Waals surface area contributed by atoms with Crippen LogP contribution < -0.4 is 5.32 Å². The van der Waals surface area contributed by atoms with E-state index in [9.17, 15) is 0 Å². The number of hydrogen-bond acceptors (Lipinski definition) is 4. The summed E-state index contributed by atoms with van der Waals surface area (Å²) >= 11 is 0. The van der Waals surface area contributed by atoms with Crippen LogP contribution >= 0.6 is 0 Å². The van der Waals surface area contributed by atoms with Crippen molar-refractivity contribution >= 4 is 11.5 Å². The number of aliphatic hydroxyl groups excluding tert-OH is 1. The molecule has 1 aromatic carbocycles. The largest absolute Gasteiger partial charge is 0.396 e. The highest BCUT2D eigenvalue weighted by atomic mass is 16.3. The highest BCUT2D eigenvalue weighted by Crippen LogP contribution is 2.30. The van der Waals surface area contributed by atoms with E-state index < -0.39 is 0 Å². The average molecular weight is 310 g/mol. The molecule has 0 saturated heterocycles. The molecule has 0 radical (unpaired) electrons. The molecule has 3 aromatic rings. The summed E-state index contributed by atoms with van der Waals surface area (Å²) in [5, 5.41) is 17.1. The molecule has 0 bridgehead atoms. The van der Waals surface area contributed by atoms with Crippen molar-refractivity contribution in [2.75, 3.05) is 18.5 Å². The third-order valence-electron chi connectivity index (χ3n) is 4.11. The first-order chi connectivity index (χ1) is 11.1. The van der Waals surface area contributed by atoms with Crippen molar-refractivity contribution < 1.29 is 5.11 Å². The Labute approximate surface area is 136 Å². The summed E-state index contributed by atoms with van der Waals surface area (Å²) in [5.41, 5.74) is 6.08. The molecule has 0 fully saturated rings. The summed E-state index contributed by atoms with van der Waals surface area (Å²) < 4.78 is 1.89. The number of aromatic nitrogens is 3. The average Bonchev–Trinajstić information content (AvgIpc) is 2.87. The maximum atomic E-state index is 9.00. The fourth-order valence-corrected chi connectivity index (χ4v) is 2.78. The third-order valence-corrected chi connectivity index (χ3v) is 4.11. The van der Waals surface area contributed by atoms with Crippen LogP contribution in [0.15, 0.2) is 30.3 Å². The number of nitrogens with zero attached hydrogens (tertiary/aromatic N) is 3. The Bertz CT molecular complexity index is 824. The van der Waals surface area contributed by atoms with Gasteiger partial charge in [0.05, 0.1) is 5.69 Å². The zero-order valence-corrected chi connectivity index (χ0v) is 13.8. The van der Waals surface area contributed by atoms with Crippen LogP contribution in [-0.4, -0.2) is 32.9 Å². The van der Waals surface area contributed by atoms with Gasteiger partial charge in [-0.1, -0.05) is 30.3 Å². The topological polar surface area (TPSA) is 62.5 Å². The number of anilines is 1. The Morgan fingerprint density at radius 3 is 2.52 bits per heavy atom. The molecule has 120 valence electrons. The molecule has 2 N–H and O–H groups in total. The summed E-state index contributed by atoms with van der Waals surface area (Å²) in [5.74, 6) is 0.950. The van der Waals surface area contributed by atoms with E-state index in [1.54, 1.807) is 0 Å². The van der Waals surface area contributed by atoms with E-state index in [2.05, 4.69) is 17.4 Å². The van der Waals surface area contributed by atoms with Crippen LogP contribution in [0.1, 0.15) is 23.4 Å². The zero-order chi connectivity index (χ0) is 16.4. The molecule has 0 aliphatic carbocycles.